The van der Waals surface area contributed by atoms with E-state index in [0.29, 0.717) is 11.1 Å². The van der Waals surface area contributed by atoms with E-state index in [0.717, 1.165) is 32.0 Å². The van der Waals surface area contributed by atoms with Crippen molar-refractivity contribution >= 4 is 17.0 Å². The van der Waals surface area contributed by atoms with E-state index in [9.17, 15) is 18.0 Å². The quantitative estimate of drug-likeness (QED) is 0.615. The Labute approximate surface area is 177 Å². The molecule has 1 saturated heterocycles. The number of carbonyl (C=O) groups is 1. The zero-order chi connectivity index (χ0) is 22.3. The molecule has 9 heteroatoms. The van der Waals surface area contributed by atoms with E-state index in [4.69, 9.17) is 4.52 Å². The second-order valence-electron chi connectivity index (χ2n) is 8.00. The Bertz CT molecular complexity index is 1120. The van der Waals surface area contributed by atoms with E-state index >= 15 is 0 Å². The Balaban J connectivity index is 1.81. The molecular weight excluding hydrogens is 409 g/mol. The molecule has 0 atom stereocenters. The molecule has 164 valence electrons. The van der Waals surface area contributed by atoms with Crippen molar-refractivity contribution < 1.29 is 22.5 Å². The minimum Gasteiger partial charge on any atom is -0.339 e. The molecule has 1 fully saturated rings. The summed E-state index contributed by atoms with van der Waals surface area (Å²) in [6, 6.07) is 6.65. The molecule has 3 heterocycles. The highest BCUT2D eigenvalue weighted by atomic mass is 19.4. The van der Waals surface area contributed by atoms with Gasteiger partial charge in [-0.25, -0.2) is 4.98 Å². The summed E-state index contributed by atoms with van der Waals surface area (Å²) in [5, 5.41) is 4.32. The van der Waals surface area contributed by atoms with Crippen molar-refractivity contribution in [2.75, 3.05) is 27.2 Å². The zero-order valence-electron chi connectivity index (χ0n) is 17.5. The van der Waals surface area contributed by atoms with Gasteiger partial charge in [-0.15, -0.1) is 0 Å². The van der Waals surface area contributed by atoms with Gasteiger partial charge in [-0.2, -0.15) is 13.2 Å². The van der Waals surface area contributed by atoms with E-state index in [1.807, 2.05) is 7.05 Å². The molecule has 0 saturated carbocycles. The Hall–Kier alpha value is -2.94. The zero-order valence-corrected chi connectivity index (χ0v) is 17.5. The van der Waals surface area contributed by atoms with E-state index in [-0.39, 0.29) is 34.5 Å². The second kappa shape index (κ2) is 7.96. The Morgan fingerprint density at radius 1 is 1.23 bits per heavy atom. The van der Waals surface area contributed by atoms with Crippen molar-refractivity contribution in [1.82, 2.24) is 19.9 Å². The molecule has 0 unspecified atom stereocenters. The molecule has 3 aromatic rings. The summed E-state index contributed by atoms with van der Waals surface area (Å²) in [4.78, 5) is 21.6. The lowest BCUT2D eigenvalue weighted by Gasteiger charge is -2.35. The van der Waals surface area contributed by atoms with E-state index < -0.39 is 11.7 Å². The van der Waals surface area contributed by atoms with Crippen molar-refractivity contribution in [1.29, 1.82) is 0 Å². The van der Waals surface area contributed by atoms with Crippen LogP contribution in [0.25, 0.3) is 22.4 Å². The number of rotatable bonds is 3. The number of hydrogen-bond donors (Lipinski definition) is 0. The van der Waals surface area contributed by atoms with Crippen LogP contribution >= 0.6 is 0 Å². The lowest BCUT2D eigenvalue weighted by molar-refractivity contribution is -0.137. The van der Waals surface area contributed by atoms with Crippen molar-refractivity contribution in [2.45, 2.75) is 32.0 Å². The molecule has 4 rings (SSSR count). The van der Waals surface area contributed by atoms with Gasteiger partial charge in [0.05, 0.1) is 27.9 Å². The first-order chi connectivity index (χ1) is 14.7. The molecular formula is C22H23F3N4O2. The SMILES string of the molecule is Cc1noc2nc(-c3ccccc3C(F)(F)F)cc(C(=O)N(C)C3CCN(C)CC3)c12. The number of halogens is 3. The van der Waals surface area contributed by atoms with Gasteiger partial charge in [0, 0.05) is 18.7 Å². The molecule has 31 heavy (non-hydrogen) atoms. The van der Waals surface area contributed by atoms with Gasteiger partial charge in [-0.1, -0.05) is 23.4 Å². The maximum Gasteiger partial charge on any atom is 0.417 e. The normalized spacial score (nSPS) is 16.1. The smallest absolute Gasteiger partial charge is 0.339 e. The van der Waals surface area contributed by atoms with E-state index in [2.05, 4.69) is 15.0 Å². The molecule has 1 aliphatic rings. The molecule has 0 spiro atoms. The van der Waals surface area contributed by atoms with Gasteiger partial charge in [-0.3, -0.25) is 4.79 Å². The highest BCUT2D eigenvalue weighted by Crippen LogP contribution is 2.38. The highest BCUT2D eigenvalue weighted by molar-refractivity contribution is 6.07. The van der Waals surface area contributed by atoms with Gasteiger partial charge in [0.25, 0.3) is 11.6 Å². The Morgan fingerprint density at radius 3 is 2.58 bits per heavy atom. The molecule has 1 aromatic carbocycles. The second-order valence-corrected chi connectivity index (χ2v) is 8.00. The lowest BCUT2D eigenvalue weighted by Crippen LogP contribution is -2.44. The number of fused-ring (bicyclic) bond motifs is 1. The van der Waals surface area contributed by atoms with Crippen LogP contribution in [0.1, 0.15) is 34.5 Å². The number of aromatic nitrogens is 2. The fraction of sp³-hybridized carbons (Fsp3) is 0.409. The first kappa shape index (κ1) is 21.3. The van der Waals surface area contributed by atoms with Crippen LogP contribution in [0, 0.1) is 6.92 Å². The van der Waals surface area contributed by atoms with Gasteiger partial charge in [0.2, 0.25) is 0 Å². The first-order valence-electron chi connectivity index (χ1n) is 10.1. The summed E-state index contributed by atoms with van der Waals surface area (Å²) < 4.78 is 46.0. The van der Waals surface area contributed by atoms with Crippen LogP contribution in [0.2, 0.25) is 0 Å². The van der Waals surface area contributed by atoms with Gasteiger partial charge < -0.3 is 14.3 Å². The average molecular weight is 432 g/mol. The van der Waals surface area contributed by atoms with Crippen molar-refractivity contribution in [3.63, 3.8) is 0 Å². The summed E-state index contributed by atoms with van der Waals surface area (Å²) in [6.07, 6.45) is -2.89. The number of hydrogen-bond acceptors (Lipinski definition) is 5. The molecule has 6 nitrogen and oxygen atoms in total. The van der Waals surface area contributed by atoms with E-state index in [1.54, 1.807) is 18.9 Å². The number of likely N-dealkylation sites (tertiary alicyclic amines) is 1. The summed E-state index contributed by atoms with van der Waals surface area (Å²) in [5.74, 6) is -0.279. The number of benzene rings is 1. The summed E-state index contributed by atoms with van der Waals surface area (Å²) in [7, 11) is 3.77. The summed E-state index contributed by atoms with van der Waals surface area (Å²) >= 11 is 0. The maximum absolute atomic E-state index is 13.6. The number of aryl methyl sites for hydroxylation is 1. The van der Waals surface area contributed by atoms with E-state index in [1.165, 1.54) is 24.3 Å². The third-order valence-electron chi connectivity index (χ3n) is 5.91. The van der Waals surface area contributed by atoms with Crippen LogP contribution in [0.4, 0.5) is 13.2 Å². The van der Waals surface area contributed by atoms with Crippen LogP contribution in [0.5, 0.6) is 0 Å². The molecule has 1 amide bonds. The standard InChI is InChI=1S/C22H23F3N4O2/c1-13-19-16(21(30)29(3)14-8-10-28(2)11-9-14)12-18(26-20(19)31-27-13)15-6-4-5-7-17(15)22(23,24)25/h4-7,12,14H,8-11H2,1-3H3. The number of piperidine rings is 1. The molecule has 0 bridgehead atoms. The number of nitrogens with zero attached hydrogens (tertiary/aromatic N) is 4. The number of amides is 1. The largest absolute Gasteiger partial charge is 0.417 e. The minimum absolute atomic E-state index is 0.0247. The topological polar surface area (TPSA) is 62.5 Å². The maximum atomic E-state index is 13.6. The van der Waals surface area contributed by atoms with Crippen LogP contribution < -0.4 is 0 Å². The Kier molecular flexibility index (Phi) is 5.47. The van der Waals surface area contributed by atoms with Gasteiger partial charge >= 0.3 is 6.18 Å². The average Bonchev–Trinajstić information content (AvgIpc) is 3.13. The molecule has 2 aromatic heterocycles. The number of alkyl halides is 3. The van der Waals surface area contributed by atoms with Crippen LogP contribution in [-0.2, 0) is 6.18 Å². The minimum atomic E-state index is -4.56. The number of pyridine rings is 1. The van der Waals surface area contributed by atoms with Crippen molar-refractivity contribution in [3.05, 3.63) is 47.2 Å². The molecule has 0 aliphatic carbocycles. The lowest BCUT2D eigenvalue weighted by atomic mass is 9.99. The van der Waals surface area contributed by atoms with Crippen LogP contribution in [0.3, 0.4) is 0 Å². The fourth-order valence-corrected chi connectivity index (χ4v) is 4.09. The predicted octanol–water partition coefficient (Wildman–Crippen LogP) is 4.38. The number of carbonyl (C=O) groups excluding carboxylic acids is 1. The molecule has 0 N–H and O–H groups in total. The monoisotopic (exact) mass is 432 g/mol. The van der Waals surface area contributed by atoms with Crippen LogP contribution in [-0.4, -0.2) is 59.1 Å². The van der Waals surface area contributed by atoms with Crippen molar-refractivity contribution in [2.24, 2.45) is 0 Å². The predicted molar refractivity (Wildman–Crippen MR) is 110 cm³/mol. The Morgan fingerprint density at radius 2 is 1.90 bits per heavy atom. The fourth-order valence-electron chi connectivity index (χ4n) is 4.09. The molecule has 0 radical (unpaired) electrons. The highest BCUT2D eigenvalue weighted by Gasteiger charge is 2.34. The van der Waals surface area contributed by atoms with Gasteiger partial charge in [0.1, 0.15) is 0 Å². The molecule has 1 aliphatic heterocycles. The van der Waals surface area contributed by atoms with Crippen molar-refractivity contribution in [3.8, 4) is 11.3 Å². The third kappa shape index (κ3) is 4.01. The van der Waals surface area contributed by atoms with Gasteiger partial charge in [0.15, 0.2) is 0 Å². The summed E-state index contributed by atoms with van der Waals surface area (Å²) in [5.41, 5.74) is -0.138. The van der Waals surface area contributed by atoms with Crippen LogP contribution in [0.15, 0.2) is 34.9 Å². The summed E-state index contributed by atoms with van der Waals surface area (Å²) in [6.45, 7) is 3.44. The third-order valence-corrected chi connectivity index (χ3v) is 5.91. The van der Waals surface area contributed by atoms with Gasteiger partial charge in [-0.05, 0) is 52.0 Å². The first-order valence-corrected chi connectivity index (χ1v) is 10.1.